The zero-order chi connectivity index (χ0) is 24.3. The summed E-state index contributed by atoms with van der Waals surface area (Å²) in [6, 6.07) is 10.3. The number of nitrogens with two attached hydrogens (primary N) is 1. The molecule has 6 rings (SSSR count). The van der Waals surface area contributed by atoms with Gasteiger partial charge in [-0.15, -0.1) is 0 Å². The molecule has 2 aliphatic rings. The first-order chi connectivity index (χ1) is 17.0. The van der Waals surface area contributed by atoms with Gasteiger partial charge in [-0.25, -0.2) is 9.49 Å². The van der Waals surface area contributed by atoms with Crippen molar-refractivity contribution in [2.45, 2.75) is 44.1 Å². The average Bonchev–Trinajstić information content (AvgIpc) is 3.36. The van der Waals surface area contributed by atoms with Crippen LogP contribution in [0.5, 0.6) is 0 Å². The lowest BCUT2D eigenvalue weighted by Crippen LogP contribution is -2.40. The van der Waals surface area contributed by atoms with Crippen molar-refractivity contribution in [3.05, 3.63) is 70.0 Å². The summed E-state index contributed by atoms with van der Waals surface area (Å²) in [6.07, 6.45) is 6.01. The van der Waals surface area contributed by atoms with E-state index < -0.39 is 11.2 Å². The molecule has 2 aromatic carbocycles. The molecular formula is C26H25FN6O2. The van der Waals surface area contributed by atoms with Gasteiger partial charge in [-0.2, -0.15) is 10.2 Å². The van der Waals surface area contributed by atoms with Crippen LogP contribution in [0, 0.1) is 5.82 Å². The first-order valence-electron chi connectivity index (χ1n) is 11.8. The molecule has 4 aromatic rings. The molecular weight excluding hydrogens is 447 g/mol. The van der Waals surface area contributed by atoms with Crippen molar-refractivity contribution in [3.63, 3.8) is 0 Å². The smallest absolute Gasteiger partial charge is 0.272 e. The van der Waals surface area contributed by atoms with Crippen LogP contribution in [0.25, 0.3) is 21.9 Å². The fourth-order valence-electron chi connectivity index (χ4n) is 5.84. The minimum atomic E-state index is -0.718. The molecule has 0 unspecified atom stereocenters. The number of hydrogen-bond acceptors (Lipinski definition) is 5. The van der Waals surface area contributed by atoms with E-state index in [-0.39, 0.29) is 18.0 Å². The normalized spacial score (nSPS) is 16.9. The molecule has 178 valence electrons. The number of halogens is 1. The molecule has 3 heterocycles. The molecule has 1 saturated carbocycles. The van der Waals surface area contributed by atoms with Gasteiger partial charge in [0.2, 0.25) is 5.91 Å². The molecule has 2 aromatic heterocycles. The number of fused-ring (bicyclic) bond motifs is 3. The van der Waals surface area contributed by atoms with Gasteiger partial charge in [0, 0.05) is 24.5 Å². The standard InChI is InChI=1S/C26H25FN6O2/c1-32-24(18(14-29-32)15-8-9-16-17(12-15)21(13-28)30-31-23(16)34)33-22-19(6-5-7-20(22)27)26(25(33)35)10-3-2-4-11-26/h5-9,12,14H,2-4,10-11,13,28H2,1H3,(H,31,34). The largest absolute Gasteiger partial charge is 0.325 e. The molecule has 9 heteroatoms. The number of anilines is 2. The Kier molecular flexibility index (Phi) is 4.86. The van der Waals surface area contributed by atoms with Gasteiger partial charge in [0.15, 0.2) is 0 Å². The van der Waals surface area contributed by atoms with Crippen molar-refractivity contribution in [3.8, 4) is 11.1 Å². The van der Waals surface area contributed by atoms with Crippen LogP contribution in [-0.4, -0.2) is 25.9 Å². The number of aryl methyl sites for hydroxylation is 1. The van der Waals surface area contributed by atoms with Gasteiger partial charge in [-0.3, -0.25) is 19.2 Å². The van der Waals surface area contributed by atoms with Crippen LogP contribution >= 0.6 is 0 Å². The highest BCUT2D eigenvalue weighted by Gasteiger charge is 2.53. The Bertz CT molecular complexity index is 1550. The van der Waals surface area contributed by atoms with Crippen molar-refractivity contribution >= 4 is 28.2 Å². The third kappa shape index (κ3) is 3.01. The molecule has 35 heavy (non-hydrogen) atoms. The Balaban J connectivity index is 1.57. The number of rotatable bonds is 3. The van der Waals surface area contributed by atoms with Crippen molar-refractivity contribution in [1.29, 1.82) is 0 Å². The highest BCUT2D eigenvalue weighted by molar-refractivity contribution is 6.14. The summed E-state index contributed by atoms with van der Waals surface area (Å²) in [4.78, 5) is 27.9. The van der Waals surface area contributed by atoms with E-state index in [2.05, 4.69) is 15.3 Å². The first kappa shape index (κ1) is 21.7. The third-order valence-electron chi connectivity index (χ3n) is 7.54. The maximum atomic E-state index is 15.4. The van der Waals surface area contributed by atoms with Crippen LogP contribution in [0.1, 0.15) is 43.4 Å². The van der Waals surface area contributed by atoms with Gasteiger partial charge < -0.3 is 5.73 Å². The highest BCUT2D eigenvalue weighted by Crippen LogP contribution is 2.54. The second kappa shape index (κ2) is 7.84. The van der Waals surface area contributed by atoms with Crippen LogP contribution in [0.2, 0.25) is 0 Å². The lowest BCUT2D eigenvalue weighted by Gasteiger charge is -2.32. The number of para-hydroxylation sites is 1. The summed E-state index contributed by atoms with van der Waals surface area (Å²) in [5.74, 6) is -0.0379. The summed E-state index contributed by atoms with van der Waals surface area (Å²) in [7, 11) is 1.75. The van der Waals surface area contributed by atoms with Crippen LogP contribution in [-0.2, 0) is 23.8 Å². The number of hydrogen-bond donors (Lipinski definition) is 2. The lowest BCUT2D eigenvalue weighted by atomic mass is 9.70. The van der Waals surface area contributed by atoms with E-state index in [1.165, 1.54) is 11.0 Å². The molecule has 0 radical (unpaired) electrons. The fraction of sp³-hybridized carbons (Fsp3) is 0.308. The second-order valence-corrected chi connectivity index (χ2v) is 9.39. The van der Waals surface area contributed by atoms with Gasteiger partial charge in [0.05, 0.1) is 28.4 Å². The molecule has 1 amide bonds. The van der Waals surface area contributed by atoms with Gasteiger partial charge in [0.1, 0.15) is 11.6 Å². The lowest BCUT2D eigenvalue weighted by molar-refractivity contribution is -0.123. The number of benzene rings is 2. The summed E-state index contributed by atoms with van der Waals surface area (Å²) in [5, 5.41) is 12.1. The monoisotopic (exact) mass is 472 g/mol. The number of nitrogens with one attached hydrogen (secondary N) is 1. The molecule has 0 saturated heterocycles. The van der Waals surface area contributed by atoms with Crippen LogP contribution in [0.4, 0.5) is 15.9 Å². The van der Waals surface area contributed by atoms with Crippen molar-refractivity contribution in [2.24, 2.45) is 12.8 Å². The molecule has 0 atom stereocenters. The molecule has 0 bridgehead atoms. The van der Waals surface area contributed by atoms with E-state index in [0.717, 1.165) is 30.4 Å². The van der Waals surface area contributed by atoms with Gasteiger partial charge in [-0.1, -0.05) is 37.5 Å². The van der Waals surface area contributed by atoms with E-state index in [0.29, 0.717) is 46.4 Å². The SMILES string of the molecule is Cn1ncc(-c2ccc3c(=O)[nH]nc(CN)c3c2)c1N1C(=O)C2(CCCCC2)c2cccc(F)c21. The zero-order valence-electron chi connectivity index (χ0n) is 19.3. The fourth-order valence-corrected chi connectivity index (χ4v) is 5.84. The maximum Gasteiger partial charge on any atom is 0.272 e. The first-order valence-corrected chi connectivity index (χ1v) is 11.8. The van der Waals surface area contributed by atoms with Crippen LogP contribution in [0.3, 0.4) is 0 Å². The molecule has 1 spiro atoms. The van der Waals surface area contributed by atoms with Crippen LogP contribution < -0.4 is 16.2 Å². The average molecular weight is 473 g/mol. The number of nitrogens with zero attached hydrogens (tertiary/aromatic N) is 4. The quantitative estimate of drug-likeness (QED) is 0.471. The molecule has 3 N–H and O–H groups in total. The number of aromatic nitrogens is 4. The Morgan fingerprint density at radius 3 is 2.69 bits per heavy atom. The minimum absolute atomic E-state index is 0.108. The topological polar surface area (TPSA) is 110 Å². The summed E-state index contributed by atoms with van der Waals surface area (Å²) in [5.41, 5.74) is 7.86. The number of aromatic amines is 1. The summed E-state index contributed by atoms with van der Waals surface area (Å²) >= 11 is 0. The summed E-state index contributed by atoms with van der Waals surface area (Å²) in [6.45, 7) is 0.155. The second-order valence-electron chi connectivity index (χ2n) is 9.39. The highest BCUT2D eigenvalue weighted by atomic mass is 19.1. The molecule has 1 fully saturated rings. The number of amides is 1. The van der Waals surface area contributed by atoms with E-state index >= 15 is 4.39 Å². The number of carbonyl (C=O) groups excluding carboxylic acids is 1. The Hall–Kier alpha value is -3.85. The van der Waals surface area contributed by atoms with Crippen LogP contribution in [0.15, 0.2) is 47.4 Å². The van der Waals surface area contributed by atoms with Gasteiger partial charge in [-0.05, 0) is 42.2 Å². The molecule has 1 aliphatic carbocycles. The van der Waals surface area contributed by atoms with Crippen molar-refractivity contribution < 1.29 is 9.18 Å². The third-order valence-corrected chi connectivity index (χ3v) is 7.54. The Morgan fingerprint density at radius 1 is 1.11 bits per heavy atom. The van der Waals surface area contributed by atoms with E-state index in [1.807, 2.05) is 12.1 Å². The minimum Gasteiger partial charge on any atom is -0.325 e. The van der Waals surface area contributed by atoms with Gasteiger partial charge >= 0.3 is 0 Å². The van der Waals surface area contributed by atoms with Crippen molar-refractivity contribution in [2.75, 3.05) is 4.90 Å². The number of H-pyrrole nitrogens is 1. The van der Waals surface area contributed by atoms with Gasteiger partial charge in [0.25, 0.3) is 5.56 Å². The Labute approximate surface area is 200 Å². The predicted octanol–water partition coefficient (Wildman–Crippen LogP) is 3.80. The maximum absolute atomic E-state index is 15.4. The van der Waals surface area contributed by atoms with E-state index in [9.17, 15) is 9.59 Å². The Morgan fingerprint density at radius 2 is 1.91 bits per heavy atom. The van der Waals surface area contributed by atoms with E-state index in [4.69, 9.17) is 5.73 Å². The summed E-state index contributed by atoms with van der Waals surface area (Å²) < 4.78 is 17.0. The van der Waals surface area contributed by atoms with E-state index in [1.54, 1.807) is 36.1 Å². The zero-order valence-corrected chi connectivity index (χ0v) is 19.3. The predicted molar refractivity (Wildman–Crippen MR) is 131 cm³/mol. The van der Waals surface area contributed by atoms with Crippen molar-refractivity contribution in [1.82, 2.24) is 20.0 Å². The molecule has 8 nitrogen and oxygen atoms in total. The number of carbonyl (C=O) groups is 1. The molecule has 1 aliphatic heterocycles.